The molecule has 5 heteroatoms. The van der Waals surface area contributed by atoms with E-state index in [2.05, 4.69) is 9.97 Å². The van der Waals surface area contributed by atoms with Crippen molar-refractivity contribution in [1.29, 1.82) is 0 Å². The minimum absolute atomic E-state index is 0.214. The maximum Gasteiger partial charge on any atom is 0.218 e. The summed E-state index contributed by atoms with van der Waals surface area (Å²) in [6.07, 6.45) is 0.214. The molecule has 1 aromatic heterocycles. The lowest BCUT2D eigenvalue weighted by molar-refractivity contribution is 0.0542. The van der Waals surface area contributed by atoms with Crippen molar-refractivity contribution in [2.24, 2.45) is 0 Å². The van der Waals surface area contributed by atoms with Crippen LogP contribution in [0.1, 0.15) is 19.7 Å². The molecule has 0 bridgehead atoms. The van der Waals surface area contributed by atoms with Gasteiger partial charge in [0, 0.05) is 6.07 Å². The Hall–Kier alpha value is -1.36. The second-order valence-corrected chi connectivity index (χ2v) is 3.45. The average Bonchev–Trinajstić information content (AvgIpc) is 2.10. The summed E-state index contributed by atoms with van der Waals surface area (Å²) >= 11 is 0. The van der Waals surface area contributed by atoms with E-state index in [9.17, 15) is 0 Å². The first kappa shape index (κ1) is 11.7. The zero-order chi connectivity index (χ0) is 11.3. The number of nitrogen functional groups attached to an aromatic ring is 1. The van der Waals surface area contributed by atoms with Gasteiger partial charge in [-0.05, 0) is 20.8 Å². The number of hydrogen-bond acceptors (Lipinski definition) is 5. The number of anilines is 1. The molecule has 0 amide bonds. The highest BCUT2D eigenvalue weighted by Gasteiger charge is 2.00. The minimum atomic E-state index is 0.214. The highest BCUT2D eigenvalue weighted by Crippen LogP contribution is 2.09. The molecule has 1 rings (SSSR count). The third kappa shape index (κ3) is 4.60. The first-order chi connectivity index (χ1) is 7.08. The molecule has 0 aliphatic rings. The van der Waals surface area contributed by atoms with Crippen LogP contribution in [0.3, 0.4) is 0 Å². The molecule has 1 aromatic rings. The van der Waals surface area contributed by atoms with Crippen LogP contribution in [0.25, 0.3) is 0 Å². The van der Waals surface area contributed by atoms with Crippen LogP contribution in [-0.2, 0) is 4.74 Å². The van der Waals surface area contributed by atoms with Gasteiger partial charge in [0.1, 0.15) is 18.2 Å². The molecule has 0 radical (unpaired) electrons. The normalized spacial score (nSPS) is 10.7. The molecule has 0 saturated heterocycles. The van der Waals surface area contributed by atoms with Crippen molar-refractivity contribution in [2.75, 3.05) is 18.9 Å². The first-order valence-electron chi connectivity index (χ1n) is 4.93. The Labute approximate surface area is 89.6 Å². The summed E-state index contributed by atoms with van der Waals surface area (Å²) in [5.74, 6) is 1.52. The van der Waals surface area contributed by atoms with Crippen LogP contribution < -0.4 is 10.5 Å². The van der Waals surface area contributed by atoms with E-state index >= 15 is 0 Å². The smallest absolute Gasteiger partial charge is 0.218 e. The van der Waals surface area contributed by atoms with E-state index in [4.69, 9.17) is 15.2 Å². The topological polar surface area (TPSA) is 70.3 Å². The molecule has 0 aromatic carbocycles. The van der Waals surface area contributed by atoms with Crippen molar-refractivity contribution in [2.45, 2.75) is 26.9 Å². The highest BCUT2D eigenvalue weighted by molar-refractivity contribution is 5.32. The lowest BCUT2D eigenvalue weighted by Gasteiger charge is -2.09. The number of rotatable bonds is 5. The van der Waals surface area contributed by atoms with Gasteiger partial charge in [0.15, 0.2) is 0 Å². The van der Waals surface area contributed by atoms with E-state index < -0.39 is 0 Å². The lowest BCUT2D eigenvalue weighted by Crippen LogP contribution is -2.12. The van der Waals surface area contributed by atoms with E-state index in [1.165, 1.54) is 0 Å². The molecule has 0 unspecified atom stereocenters. The molecular weight excluding hydrogens is 194 g/mol. The molecule has 1 heterocycles. The summed E-state index contributed by atoms with van der Waals surface area (Å²) in [7, 11) is 0. The van der Waals surface area contributed by atoms with Crippen molar-refractivity contribution < 1.29 is 9.47 Å². The number of aromatic nitrogens is 2. The van der Waals surface area contributed by atoms with Crippen molar-refractivity contribution >= 4 is 5.82 Å². The van der Waals surface area contributed by atoms with Crippen LogP contribution in [0.4, 0.5) is 5.82 Å². The van der Waals surface area contributed by atoms with Crippen LogP contribution in [-0.4, -0.2) is 29.3 Å². The maximum absolute atomic E-state index is 5.55. The fourth-order valence-corrected chi connectivity index (χ4v) is 1.07. The van der Waals surface area contributed by atoms with Crippen molar-refractivity contribution in [1.82, 2.24) is 9.97 Å². The van der Waals surface area contributed by atoms with Crippen molar-refractivity contribution in [3.05, 3.63) is 11.9 Å². The van der Waals surface area contributed by atoms with Crippen LogP contribution in [0.5, 0.6) is 5.88 Å². The van der Waals surface area contributed by atoms with E-state index in [0.717, 1.165) is 0 Å². The van der Waals surface area contributed by atoms with Crippen molar-refractivity contribution in [3.8, 4) is 5.88 Å². The Kier molecular flexibility index (Phi) is 4.30. The van der Waals surface area contributed by atoms with E-state index in [-0.39, 0.29) is 6.10 Å². The Bertz CT molecular complexity index is 295. The standard InChI is InChI=1S/C10H17N3O2/c1-7(2)14-4-5-15-10-6-9(11)12-8(3)13-10/h6-7H,4-5H2,1-3H3,(H2,11,12,13). The monoisotopic (exact) mass is 211 g/mol. The maximum atomic E-state index is 5.55. The van der Waals surface area contributed by atoms with Crippen LogP contribution in [0.2, 0.25) is 0 Å². The summed E-state index contributed by atoms with van der Waals surface area (Å²) in [5.41, 5.74) is 5.55. The minimum Gasteiger partial charge on any atom is -0.475 e. The van der Waals surface area contributed by atoms with Crippen LogP contribution in [0.15, 0.2) is 6.07 Å². The molecular formula is C10H17N3O2. The fourth-order valence-electron chi connectivity index (χ4n) is 1.07. The molecule has 0 atom stereocenters. The molecule has 2 N–H and O–H groups in total. The molecule has 0 saturated carbocycles. The van der Waals surface area contributed by atoms with Gasteiger partial charge in [-0.25, -0.2) is 4.98 Å². The molecule has 5 nitrogen and oxygen atoms in total. The predicted molar refractivity (Wildman–Crippen MR) is 57.8 cm³/mol. The van der Waals surface area contributed by atoms with Gasteiger partial charge >= 0.3 is 0 Å². The summed E-state index contributed by atoms with van der Waals surface area (Å²) in [5, 5.41) is 0. The number of aryl methyl sites for hydroxylation is 1. The van der Waals surface area contributed by atoms with Crippen molar-refractivity contribution in [3.63, 3.8) is 0 Å². The van der Waals surface area contributed by atoms with E-state index in [1.54, 1.807) is 13.0 Å². The van der Waals surface area contributed by atoms with Gasteiger partial charge in [0.05, 0.1) is 12.7 Å². The number of hydrogen-bond donors (Lipinski definition) is 1. The van der Waals surface area contributed by atoms with Gasteiger partial charge in [0.2, 0.25) is 5.88 Å². The average molecular weight is 211 g/mol. The third-order valence-corrected chi connectivity index (χ3v) is 1.62. The van der Waals surface area contributed by atoms with Gasteiger partial charge in [-0.2, -0.15) is 4.98 Å². The van der Waals surface area contributed by atoms with Gasteiger partial charge in [-0.15, -0.1) is 0 Å². The quantitative estimate of drug-likeness (QED) is 0.740. The van der Waals surface area contributed by atoms with Crippen LogP contribution >= 0.6 is 0 Å². The SMILES string of the molecule is Cc1nc(N)cc(OCCOC(C)C)n1. The van der Waals surface area contributed by atoms with Gasteiger partial charge in [-0.3, -0.25) is 0 Å². The summed E-state index contributed by atoms with van der Waals surface area (Å²) in [6, 6.07) is 1.60. The van der Waals surface area contributed by atoms with Crippen LogP contribution in [0, 0.1) is 6.92 Å². The zero-order valence-corrected chi connectivity index (χ0v) is 9.36. The largest absolute Gasteiger partial charge is 0.475 e. The summed E-state index contributed by atoms with van der Waals surface area (Å²) < 4.78 is 10.7. The number of nitrogens with zero attached hydrogens (tertiary/aromatic N) is 2. The van der Waals surface area contributed by atoms with E-state index in [1.807, 2.05) is 13.8 Å². The highest BCUT2D eigenvalue weighted by atomic mass is 16.5. The summed E-state index contributed by atoms with van der Waals surface area (Å²) in [4.78, 5) is 8.03. The lowest BCUT2D eigenvalue weighted by atomic mass is 10.5. The Balaban J connectivity index is 2.37. The third-order valence-electron chi connectivity index (χ3n) is 1.62. The predicted octanol–water partition coefficient (Wildman–Crippen LogP) is 1.17. The number of nitrogens with two attached hydrogens (primary N) is 1. The molecule has 0 aliphatic heterocycles. The Morgan fingerprint density at radius 1 is 1.33 bits per heavy atom. The fraction of sp³-hybridized carbons (Fsp3) is 0.600. The molecule has 84 valence electrons. The first-order valence-corrected chi connectivity index (χ1v) is 4.93. The molecule has 0 aliphatic carbocycles. The van der Waals surface area contributed by atoms with Gasteiger partial charge in [-0.1, -0.05) is 0 Å². The molecule has 0 fully saturated rings. The molecule has 0 spiro atoms. The second kappa shape index (κ2) is 5.50. The summed E-state index contributed by atoms with van der Waals surface area (Å²) in [6.45, 7) is 6.74. The Morgan fingerprint density at radius 2 is 2.07 bits per heavy atom. The zero-order valence-electron chi connectivity index (χ0n) is 9.36. The van der Waals surface area contributed by atoms with E-state index in [0.29, 0.717) is 30.7 Å². The molecule has 15 heavy (non-hydrogen) atoms. The number of ether oxygens (including phenoxy) is 2. The second-order valence-electron chi connectivity index (χ2n) is 3.45. The van der Waals surface area contributed by atoms with Gasteiger partial charge < -0.3 is 15.2 Å². The van der Waals surface area contributed by atoms with Gasteiger partial charge in [0.25, 0.3) is 0 Å². The Morgan fingerprint density at radius 3 is 2.67 bits per heavy atom.